The minimum absolute atomic E-state index is 0.216. The van der Waals surface area contributed by atoms with E-state index in [4.69, 9.17) is 14.6 Å². The number of para-hydroxylation sites is 2. The van der Waals surface area contributed by atoms with Crippen molar-refractivity contribution in [3.8, 4) is 17.4 Å². The Balaban J connectivity index is 1.64. The Kier molecular flexibility index (Phi) is 6.89. The molecule has 1 aromatic heterocycles. The number of nitrogens with zero attached hydrogens (tertiary/aromatic N) is 2. The van der Waals surface area contributed by atoms with Crippen LogP contribution in [-0.4, -0.2) is 46.7 Å². The Morgan fingerprint density at radius 2 is 2.03 bits per heavy atom. The van der Waals surface area contributed by atoms with E-state index >= 15 is 0 Å². The summed E-state index contributed by atoms with van der Waals surface area (Å²) in [6.45, 7) is 3.48. The van der Waals surface area contributed by atoms with Crippen LogP contribution in [0.1, 0.15) is 25.3 Å². The number of carbonyl (C=O) groups excluding carboxylic acids is 1. The van der Waals surface area contributed by atoms with E-state index in [0.717, 1.165) is 6.42 Å². The number of urea groups is 1. The van der Waals surface area contributed by atoms with Crippen molar-refractivity contribution < 1.29 is 24.2 Å². The Hall–Kier alpha value is -3.29. The number of aliphatic carboxylic acids is 1. The van der Waals surface area contributed by atoms with Gasteiger partial charge in [0.2, 0.25) is 5.88 Å². The average molecular weight is 399 g/mol. The number of carbonyl (C=O) groups is 2. The number of amides is 2. The molecule has 1 atom stereocenters. The maximum absolute atomic E-state index is 12.4. The summed E-state index contributed by atoms with van der Waals surface area (Å²) in [6.07, 6.45) is 2.97. The molecule has 1 aromatic carbocycles. The maximum Gasteiger partial charge on any atom is 0.317 e. The first-order valence-corrected chi connectivity index (χ1v) is 9.67. The van der Waals surface area contributed by atoms with Crippen LogP contribution >= 0.6 is 0 Å². The smallest absolute Gasteiger partial charge is 0.317 e. The van der Waals surface area contributed by atoms with Crippen LogP contribution < -0.4 is 14.8 Å². The van der Waals surface area contributed by atoms with E-state index in [-0.39, 0.29) is 19.1 Å². The minimum Gasteiger partial charge on any atom is -0.490 e. The molecule has 8 nitrogen and oxygen atoms in total. The predicted molar refractivity (Wildman–Crippen MR) is 106 cm³/mol. The van der Waals surface area contributed by atoms with E-state index in [9.17, 15) is 9.59 Å². The molecule has 1 aliphatic rings. The van der Waals surface area contributed by atoms with Crippen LogP contribution in [0.15, 0.2) is 42.6 Å². The maximum atomic E-state index is 12.4. The molecule has 1 saturated heterocycles. The van der Waals surface area contributed by atoms with Gasteiger partial charge in [0, 0.05) is 31.4 Å². The van der Waals surface area contributed by atoms with Gasteiger partial charge in [-0.15, -0.1) is 0 Å². The number of rotatable bonds is 8. The molecule has 1 aliphatic heterocycles. The van der Waals surface area contributed by atoms with Crippen molar-refractivity contribution in [3.05, 3.63) is 48.2 Å². The van der Waals surface area contributed by atoms with Gasteiger partial charge in [-0.3, -0.25) is 4.79 Å². The molecule has 2 aromatic rings. The topological polar surface area (TPSA) is 101 Å². The molecular weight excluding hydrogens is 374 g/mol. The second-order valence-corrected chi connectivity index (χ2v) is 6.79. The quantitative estimate of drug-likeness (QED) is 0.706. The van der Waals surface area contributed by atoms with Gasteiger partial charge in [-0.2, -0.15) is 0 Å². The summed E-state index contributed by atoms with van der Waals surface area (Å²) in [5.74, 6) is 0.192. The van der Waals surface area contributed by atoms with E-state index in [1.807, 2.05) is 31.2 Å². The van der Waals surface area contributed by atoms with Crippen molar-refractivity contribution in [1.82, 2.24) is 15.2 Å². The van der Waals surface area contributed by atoms with Gasteiger partial charge in [-0.25, -0.2) is 9.78 Å². The lowest BCUT2D eigenvalue weighted by atomic mass is 10.1. The first kappa shape index (κ1) is 20.4. The molecule has 0 aliphatic carbocycles. The fourth-order valence-electron chi connectivity index (χ4n) is 3.05. The molecule has 29 heavy (non-hydrogen) atoms. The first-order valence-electron chi connectivity index (χ1n) is 9.67. The van der Waals surface area contributed by atoms with Gasteiger partial charge in [0.15, 0.2) is 11.5 Å². The largest absolute Gasteiger partial charge is 0.490 e. The first-order chi connectivity index (χ1) is 14.1. The highest BCUT2D eigenvalue weighted by atomic mass is 16.5. The minimum atomic E-state index is -0.868. The molecule has 0 spiro atoms. The Bertz CT molecular complexity index is 858. The summed E-state index contributed by atoms with van der Waals surface area (Å²) >= 11 is 0. The summed E-state index contributed by atoms with van der Waals surface area (Å²) in [5.41, 5.74) is 0.708. The van der Waals surface area contributed by atoms with Gasteiger partial charge in [0.25, 0.3) is 0 Å². The zero-order chi connectivity index (χ0) is 20.6. The van der Waals surface area contributed by atoms with Crippen molar-refractivity contribution >= 4 is 12.0 Å². The Morgan fingerprint density at radius 1 is 1.24 bits per heavy atom. The predicted octanol–water partition coefficient (Wildman–Crippen LogP) is 3.28. The zero-order valence-corrected chi connectivity index (χ0v) is 16.3. The van der Waals surface area contributed by atoms with Gasteiger partial charge in [0.05, 0.1) is 12.5 Å². The number of benzene rings is 1. The fraction of sp³-hybridized carbons (Fsp3) is 0.381. The third kappa shape index (κ3) is 5.37. The number of carboxylic acid groups (broad SMARTS) is 1. The van der Waals surface area contributed by atoms with Gasteiger partial charge >= 0.3 is 12.0 Å². The van der Waals surface area contributed by atoms with Gasteiger partial charge in [-0.05, 0) is 31.0 Å². The highest BCUT2D eigenvalue weighted by Crippen LogP contribution is 2.32. The number of ether oxygens (including phenoxy) is 2. The van der Waals surface area contributed by atoms with Gasteiger partial charge in [0.1, 0.15) is 0 Å². The molecule has 0 saturated carbocycles. The molecule has 3 rings (SSSR count). The molecule has 1 unspecified atom stereocenters. The van der Waals surface area contributed by atoms with Gasteiger partial charge in [-0.1, -0.05) is 25.1 Å². The summed E-state index contributed by atoms with van der Waals surface area (Å²) in [7, 11) is 0. The molecule has 0 radical (unpaired) electrons. The molecule has 154 valence electrons. The van der Waals surface area contributed by atoms with E-state index in [1.54, 1.807) is 18.3 Å². The average Bonchev–Trinajstić information content (AvgIpc) is 3.23. The van der Waals surface area contributed by atoms with E-state index < -0.39 is 11.9 Å². The third-order valence-electron chi connectivity index (χ3n) is 4.62. The van der Waals surface area contributed by atoms with Crippen molar-refractivity contribution in [2.24, 2.45) is 5.92 Å². The van der Waals surface area contributed by atoms with Crippen LogP contribution in [0, 0.1) is 5.92 Å². The molecule has 0 bridgehead atoms. The highest BCUT2D eigenvalue weighted by molar-refractivity contribution is 5.77. The lowest BCUT2D eigenvalue weighted by Crippen LogP contribution is -2.38. The lowest BCUT2D eigenvalue weighted by molar-refractivity contribution is -0.141. The monoisotopic (exact) mass is 399 g/mol. The summed E-state index contributed by atoms with van der Waals surface area (Å²) in [4.78, 5) is 29.2. The van der Waals surface area contributed by atoms with Crippen LogP contribution in [-0.2, 0) is 11.3 Å². The van der Waals surface area contributed by atoms with Crippen LogP contribution in [0.5, 0.6) is 17.4 Å². The molecule has 8 heteroatoms. The van der Waals surface area contributed by atoms with Crippen LogP contribution in [0.2, 0.25) is 0 Å². The van der Waals surface area contributed by atoms with E-state index in [0.29, 0.717) is 42.5 Å². The number of pyridine rings is 1. The lowest BCUT2D eigenvalue weighted by Gasteiger charge is -2.18. The Morgan fingerprint density at radius 3 is 2.76 bits per heavy atom. The van der Waals surface area contributed by atoms with E-state index in [2.05, 4.69) is 10.3 Å². The number of aromatic nitrogens is 1. The highest BCUT2D eigenvalue weighted by Gasteiger charge is 2.30. The summed E-state index contributed by atoms with van der Waals surface area (Å²) < 4.78 is 11.7. The summed E-state index contributed by atoms with van der Waals surface area (Å²) in [5, 5.41) is 11.9. The van der Waals surface area contributed by atoms with Crippen LogP contribution in [0.25, 0.3) is 0 Å². The normalized spacial score (nSPS) is 15.8. The van der Waals surface area contributed by atoms with E-state index in [1.165, 1.54) is 4.90 Å². The number of nitrogens with one attached hydrogen (secondary N) is 1. The molecule has 1 fully saturated rings. The molecule has 2 heterocycles. The SMILES string of the molecule is CCCOc1ccccc1Oc1ncccc1CNC(=O)N1CCC(C(=O)O)C1. The van der Waals surface area contributed by atoms with Crippen molar-refractivity contribution in [3.63, 3.8) is 0 Å². The second-order valence-electron chi connectivity index (χ2n) is 6.79. The molecule has 2 amide bonds. The van der Waals surface area contributed by atoms with Crippen molar-refractivity contribution in [2.45, 2.75) is 26.3 Å². The third-order valence-corrected chi connectivity index (χ3v) is 4.62. The molecule has 2 N–H and O–H groups in total. The van der Waals surface area contributed by atoms with Crippen molar-refractivity contribution in [2.75, 3.05) is 19.7 Å². The fourth-order valence-corrected chi connectivity index (χ4v) is 3.05. The number of hydrogen-bond donors (Lipinski definition) is 2. The molecular formula is C21H25N3O5. The zero-order valence-electron chi connectivity index (χ0n) is 16.3. The van der Waals surface area contributed by atoms with Crippen molar-refractivity contribution in [1.29, 1.82) is 0 Å². The van der Waals surface area contributed by atoms with Crippen LogP contribution in [0.4, 0.5) is 4.79 Å². The second kappa shape index (κ2) is 9.77. The van der Waals surface area contributed by atoms with Crippen LogP contribution in [0.3, 0.4) is 0 Å². The number of likely N-dealkylation sites (tertiary alicyclic amines) is 1. The Labute approximate surface area is 169 Å². The standard InChI is InChI=1S/C21H25N3O5/c1-2-12-28-17-7-3-4-8-18(17)29-19-15(6-5-10-22-19)13-23-21(27)24-11-9-16(14-24)20(25)26/h3-8,10,16H,2,9,11-14H2,1H3,(H,23,27)(H,25,26). The summed E-state index contributed by atoms with van der Waals surface area (Å²) in [6, 6.07) is 10.7. The number of carboxylic acids is 1. The number of hydrogen-bond acceptors (Lipinski definition) is 5. The van der Waals surface area contributed by atoms with Gasteiger partial charge < -0.3 is 24.8 Å².